The minimum absolute atomic E-state index is 0.182. The van der Waals surface area contributed by atoms with E-state index in [1.165, 1.54) is 38.5 Å². The van der Waals surface area contributed by atoms with Crippen molar-refractivity contribution < 1.29 is 23.8 Å². The summed E-state index contributed by atoms with van der Waals surface area (Å²) in [6.07, 6.45) is 12.2. The van der Waals surface area contributed by atoms with Crippen LogP contribution in [0.1, 0.15) is 97.8 Å². The molecule has 0 aromatic carbocycles. The van der Waals surface area contributed by atoms with E-state index in [-0.39, 0.29) is 23.1 Å². The SMILES string of the molecule is C=C(C)C(=O)OC12CC3CC(C1)CC(OC(C)C(=O)OC1(CC)C4CC5CC(C4)CC1C5)(C3)C2. The van der Waals surface area contributed by atoms with Crippen LogP contribution in [0.15, 0.2) is 12.2 Å². The van der Waals surface area contributed by atoms with Gasteiger partial charge in [-0.25, -0.2) is 9.59 Å². The Morgan fingerprint density at radius 2 is 1.38 bits per heavy atom. The van der Waals surface area contributed by atoms with Crippen LogP contribution in [0.2, 0.25) is 0 Å². The lowest BCUT2D eigenvalue weighted by atomic mass is 9.49. The van der Waals surface area contributed by atoms with Crippen LogP contribution in [0.25, 0.3) is 0 Å². The fraction of sp³-hybridized carbons (Fsp3) is 0.862. The van der Waals surface area contributed by atoms with E-state index in [0.717, 1.165) is 43.9 Å². The van der Waals surface area contributed by atoms with E-state index in [4.69, 9.17) is 14.2 Å². The Morgan fingerprint density at radius 3 is 1.91 bits per heavy atom. The van der Waals surface area contributed by atoms with E-state index in [1.807, 2.05) is 6.92 Å². The van der Waals surface area contributed by atoms with Crippen LogP contribution in [0.3, 0.4) is 0 Å². The Morgan fingerprint density at radius 1 is 0.853 bits per heavy atom. The maximum Gasteiger partial charge on any atom is 0.335 e. The molecule has 5 nitrogen and oxygen atoms in total. The molecule has 8 fully saturated rings. The third kappa shape index (κ3) is 3.59. The van der Waals surface area contributed by atoms with Crippen molar-refractivity contribution in [2.75, 3.05) is 0 Å². The molecule has 0 heterocycles. The Balaban J connectivity index is 1.17. The van der Waals surface area contributed by atoms with Crippen LogP contribution in [0, 0.1) is 35.5 Å². The summed E-state index contributed by atoms with van der Waals surface area (Å²) in [5.74, 6) is 3.25. The van der Waals surface area contributed by atoms with Crippen LogP contribution in [0.5, 0.6) is 0 Å². The first-order chi connectivity index (χ1) is 16.1. The van der Waals surface area contributed by atoms with Gasteiger partial charge < -0.3 is 14.2 Å². The quantitative estimate of drug-likeness (QED) is 0.350. The van der Waals surface area contributed by atoms with Gasteiger partial charge in [0, 0.05) is 12.0 Å². The molecule has 34 heavy (non-hydrogen) atoms. The Hall–Kier alpha value is -1.36. The zero-order chi connectivity index (χ0) is 23.9. The first-order valence-corrected chi connectivity index (χ1v) is 13.9. The molecule has 8 aliphatic carbocycles. The van der Waals surface area contributed by atoms with Gasteiger partial charge in [-0.3, -0.25) is 0 Å². The molecular weight excluding hydrogens is 428 g/mol. The molecule has 188 valence electrons. The molecule has 3 unspecified atom stereocenters. The molecule has 0 aliphatic heterocycles. The van der Waals surface area contributed by atoms with Crippen molar-refractivity contribution >= 4 is 11.9 Å². The largest absolute Gasteiger partial charge is 0.457 e. The highest BCUT2D eigenvalue weighted by Crippen LogP contribution is 2.62. The van der Waals surface area contributed by atoms with Gasteiger partial charge in [0.15, 0.2) is 6.10 Å². The van der Waals surface area contributed by atoms with Crippen molar-refractivity contribution in [2.45, 2.75) is 121 Å². The highest BCUT2D eigenvalue weighted by atomic mass is 16.6. The van der Waals surface area contributed by atoms with Gasteiger partial charge in [0.05, 0.1) is 5.60 Å². The van der Waals surface area contributed by atoms with E-state index in [2.05, 4.69) is 13.5 Å². The number of rotatable bonds is 7. The number of ether oxygens (including phenoxy) is 3. The molecule has 0 aromatic rings. The summed E-state index contributed by atoms with van der Waals surface area (Å²) in [6, 6.07) is 0. The van der Waals surface area contributed by atoms with Gasteiger partial charge in [0.25, 0.3) is 0 Å². The molecule has 8 bridgehead atoms. The predicted octanol–water partition coefficient (Wildman–Crippen LogP) is 5.75. The standard InChI is InChI=1S/C29H42O5/c1-5-29(23-8-19-6-20(10-23)11-24(29)9-19)34-26(31)18(4)32-27-12-21-7-22(13-27)15-28(14-21,16-27)33-25(30)17(2)3/h18-24H,2,5-16H2,1,3-4H3. The number of carbonyl (C=O) groups excluding carboxylic acids is 2. The average Bonchev–Trinajstić information content (AvgIpc) is 2.74. The molecular formula is C29H42O5. The highest BCUT2D eigenvalue weighted by molar-refractivity contribution is 5.87. The van der Waals surface area contributed by atoms with Gasteiger partial charge in [-0.15, -0.1) is 0 Å². The normalized spacial score (nSPS) is 48.6. The van der Waals surface area contributed by atoms with Gasteiger partial charge in [-0.2, -0.15) is 0 Å². The summed E-state index contributed by atoms with van der Waals surface area (Å²) in [4.78, 5) is 26.0. The summed E-state index contributed by atoms with van der Waals surface area (Å²) < 4.78 is 19.2. The molecule has 0 saturated heterocycles. The number of hydrogen-bond acceptors (Lipinski definition) is 5. The lowest BCUT2D eigenvalue weighted by molar-refractivity contribution is -0.254. The molecule has 3 atom stereocenters. The second-order valence-electron chi connectivity index (χ2n) is 13.3. The van der Waals surface area contributed by atoms with Crippen molar-refractivity contribution in [3.63, 3.8) is 0 Å². The molecule has 5 heteroatoms. The van der Waals surface area contributed by atoms with Crippen LogP contribution in [-0.2, 0) is 23.8 Å². The van der Waals surface area contributed by atoms with Crippen LogP contribution >= 0.6 is 0 Å². The van der Waals surface area contributed by atoms with E-state index < -0.39 is 11.7 Å². The molecule has 0 radical (unpaired) electrons. The lowest BCUT2D eigenvalue weighted by Gasteiger charge is -2.61. The van der Waals surface area contributed by atoms with Crippen LogP contribution in [0.4, 0.5) is 0 Å². The first kappa shape index (κ1) is 23.1. The van der Waals surface area contributed by atoms with Crippen LogP contribution < -0.4 is 0 Å². The summed E-state index contributed by atoms with van der Waals surface area (Å²) >= 11 is 0. The van der Waals surface area contributed by atoms with Crippen molar-refractivity contribution in [2.24, 2.45) is 35.5 Å². The number of carbonyl (C=O) groups is 2. The highest BCUT2D eigenvalue weighted by Gasteiger charge is 2.62. The minimum Gasteiger partial charge on any atom is -0.457 e. The molecule has 0 aromatic heterocycles. The predicted molar refractivity (Wildman–Crippen MR) is 128 cm³/mol. The summed E-state index contributed by atoms with van der Waals surface area (Å²) in [5, 5.41) is 0. The summed E-state index contributed by atoms with van der Waals surface area (Å²) in [6.45, 7) is 9.58. The van der Waals surface area contributed by atoms with Crippen LogP contribution in [-0.4, -0.2) is 34.8 Å². The molecule has 8 saturated carbocycles. The molecule has 8 rings (SSSR count). The van der Waals surface area contributed by atoms with Gasteiger partial charge >= 0.3 is 11.9 Å². The molecule has 0 spiro atoms. The van der Waals surface area contributed by atoms with E-state index in [9.17, 15) is 9.59 Å². The second kappa shape index (κ2) is 7.82. The summed E-state index contributed by atoms with van der Waals surface area (Å²) in [5.41, 5.74) is -0.693. The average molecular weight is 471 g/mol. The number of esters is 2. The third-order valence-electron chi connectivity index (χ3n) is 10.7. The van der Waals surface area contributed by atoms with Gasteiger partial charge in [0.1, 0.15) is 11.2 Å². The smallest absolute Gasteiger partial charge is 0.335 e. The third-order valence-corrected chi connectivity index (χ3v) is 10.7. The van der Waals surface area contributed by atoms with Crippen molar-refractivity contribution in [1.29, 1.82) is 0 Å². The topological polar surface area (TPSA) is 61.8 Å². The monoisotopic (exact) mass is 470 g/mol. The first-order valence-electron chi connectivity index (χ1n) is 13.9. The lowest BCUT2D eigenvalue weighted by Crippen LogP contribution is -2.63. The maximum absolute atomic E-state index is 13.5. The Labute approximate surface area is 204 Å². The van der Waals surface area contributed by atoms with Gasteiger partial charge in [0.2, 0.25) is 0 Å². The molecule has 8 aliphatic rings. The van der Waals surface area contributed by atoms with Gasteiger partial charge in [-0.1, -0.05) is 13.5 Å². The van der Waals surface area contributed by atoms with Crippen molar-refractivity contribution in [3.8, 4) is 0 Å². The Bertz CT molecular complexity index is 847. The fourth-order valence-electron chi connectivity index (χ4n) is 10.1. The summed E-state index contributed by atoms with van der Waals surface area (Å²) in [7, 11) is 0. The zero-order valence-corrected chi connectivity index (χ0v) is 21.3. The molecule has 0 N–H and O–H groups in total. The maximum atomic E-state index is 13.5. The van der Waals surface area contributed by atoms with E-state index in [1.54, 1.807) is 6.92 Å². The van der Waals surface area contributed by atoms with E-state index in [0.29, 0.717) is 35.7 Å². The fourth-order valence-corrected chi connectivity index (χ4v) is 10.1. The number of hydrogen-bond donors (Lipinski definition) is 0. The molecule has 0 amide bonds. The Kier molecular flexibility index (Phi) is 5.30. The van der Waals surface area contributed by atoms with Gasteiger partial charge in [-0.05, 0) is 120 Å². The van der Waals surface area contributed by atoms with Crippen molar-refractivity contribution in [3.05, 3.63) is 12.2 Å². The van der Waals surface area contributed by atoms with E-state index >= 15 is 0 Å². The van der Waals surface area contributed by atoms with Crippen molar-refractivity contribution in [1.82, 2.24) is 0 Å². The zero-order valence-electron chi connectivity index (χ0n) is 21.3. The second-order valence-corrected chi connectivity index (χ2v) is 13.3. The minimum atomic E-state index is -0.592.